The van der Waals surface area contributed by atoms with Gasteiger partial charge >= 0.3 is 13.7 Å². The molecule has 0 aliphatic heterocycles. The number of nitrogens with two attached hydrogens (primary N) is 1. The molecule has 2 heterocycles. The summed E-state index contributed by atoms with van der Waals surface area (Å²) in [4.78, 5) is 25.8. The molecule has 1 fully saturated rings. The van der Waals surface area contributed by atoms with Crippen molar-refractivity contribution in [1.29, 1.82) is 0 Å². The van der Waals surface area contributed by atoms with Crippen LogP contribution in [0.15, 0.2) is 77.5 Å². The lowest BCUT2D eigenvalue weighted by Gasteiger charge is -2.36. The molecule has 44 heavy (non-hydrogen) atoms. The Hall–Kier alpha value is -4.03. The first kappa shape index (κ1) is 30.0. The standard InChI is InChI=1S/C30H30BrN6O6P/c1-18(29(38)42-25-10-7-20-5-3-4-6-21(20)15-25)36-44(39,43-24-11-8-22(31)9-12-24)41-16-19-13-23(14-19)37-17-33-26-27(37)34-30(32)35-28(26)40-2/h3-12,15,17-19,23H,13-14,16H2,1-2H3,(H,36,39)(H2,32,34,35)/t18-,19?,23?,44?/m0/s1. The number of nitrogens with one attached hydrogen (secondary N) is 1. The molecule has 0 bridgehead atoms. The number of hydrogen-bond donors (Lipinski definition) is 2. The van der Waals surface area contributed by atoms with E-state index in [1.54, 1.807) is 49.6 Å². The van der Waals surface area contributed by atoms with Crippen LogP contribution in [0.2, 0.25) is 0 Å². The van der Waals surface area contributed by atoms with Gasteiger partial charge in [0.2, 0.25) is 11.8 Å². The maximum absolute atomic E-state index is 14.0. The molecule has 0 saturated heterocycles. The van der Waals surface area contributed by atoms with Crippen molar-refractivity contribution >= 4 is 57.5 Å². The molecule has 3 N–H and O–H groups in total. The largest absolute Gasteiger partial charge is 0.479 e. The minimum absolute atomic E-state index is 0.0713. The molecule has 2 atom stereocenters. The van der Waals surface area contributed by atoms with Crippen LogP contribution in [0.5, 0.6) is 17.4 Å². The number of imidazole rings is 1. The first-order chi connectivity index (χ1) is 21.2. The number of carbonyl (C=O) groups excluding carboxylic acids is 1. The normalized spacial score (nSPS) is 18.3. The number of nitrogen functional groups attached to an aromatic ring is 1. The van der Waals surface area contributed by atoms with E-state index in [-0.39, 0.29) is 24.5 Å². The quantitative estimate of drug-likeness (QED) is 0.0949. The Kier molecular flexibility index (Phi) is 8.55. The van der Waals surface area contributed by atoms with Crippen molar-refractivity contribution in [3.8, 4) is 17.4 Å². The fraction of sp³-hybridized carbons (Fsp3) is 0.267. The lowest BCUT2D eigenvalue weighted by atomic mass is 9.81. The molecule has 14 heteroatoms. The lowest BCUT2D eigenvalue weighted by molar-refractivity contribution is -0.135. The summed E-state index contributed by atoms with van der Waals surface area (Å²) in [5.74, 6) is 0.556. The van der Waals surface area contributed by atoms with Gasteiger partial charge in [-0.1, -0.05) is 46.3 Å². The van der Waals surface area contributed by atoms with Crippen molar-refractivity contribution < 1.29 is 27.9 Å². The summed E-state index contributed by atoms with van der Waals surface area (Å²) in [7, 11) is -2.52. The maximum Gasteiger partial charge on any atom is 0.459 e. The number of halogens is 1. The Balaban J connectivity index is 1.12. The van der Waals surface area contributed by atoms with Gasteiger partial charge in [-0.2, -0.15) is 15.1 Å². The highest BCUT2D eigenvalue weighted by molar-refractivity contribution is 9.10. The molecule has 1 saturated carbocycles. The van der Waals surface area contributed by atoms with E-state index in [4.69, 9.17) is 24.3 Å². The van der Waals surface area contributed by atoms with E-state index in [1.165, 1.54) is 7.11 Å². The van der Waals surface area contributed by atoms with Crippen molar-refractivity contribution in [2.75, 3.05) is 19.5 Å². The lowest BCUT2D eigenvalue weighted by Crippen LogP contribution is -2.37. The molecule has 12 nitrogen and oxygen atoms in total. The van der Waals surface area contributed by atoms with E-state index >= 15 is 0 Å². The minimum atomic E-state index is -4.02. The van der Waals surface area contributed by atoms with Crippen LogP contribution in [0.3, 0.4) is 0 Å². The minimum Gasteiger partial charge on any atom is -0.479 e. The molecule has 0 spiro atoms. The number of nitrogens with zero attached hydrogens (tertiary/aromatic N) is 4. The Morgan fingerprint density at radius 2 is 1.82 bits per heavy atom. The summed E-state index contributed by atoms with van der Waals surface area (Å²) in [5, 5.41) is 4.72. The van der Waals surface area contributed by atoms with Gasteiger partial charge < -0.3 is 24.3 Å². The van der Waals surface area contributed by atoms with Crippen molar-refractivity contribution in [3.63, 3.8) is 0 Å². The second-order valence-corrected chi connectivity index (χ2v) is 13.1. The van der Waals surface area contributed by atoms with Crippen LogP contribution in [0.4, 0.5) is 5.95 Å². The number of benzene rings is 3. The van der Waals surface area contributed by atoms with Crippen molar-refractivity contribution in [1.82, 2.24) is 24.6 Å². The number of esters is 1. The van der Waals surface area contributed by atoms with Gasteiger partial charge in [-0.3, -0.25) is 4.52 Å². The topological polar surface area (TPSA) is 153 Å². The Morgan fingerprint density at radius 3 is 2.57 bits per heavy atom. The first-order valence-corrected chi connectivity index (χ1v) is 16.3. The van der Waals surface area contributed by atoms with Crippen LogP contribution in [0.25, 0.3) is 21.9 Å². The zero-order valence-electron chi connectivity index (χ0n) is 23.9. The molecule has 6 rings (SSSR count). The maximum atomic E-state index is 14.0. The zero-order chi connectivity index (χ0) is 30.8. The third-order valence-electron chi connectivity index (χ3n) is 7.37. The number of methoxy groups -OCH3 is 1. The van der Waals surface area contributed by atoms with Gasteiger partial charge in [0.05, 0.1) is 20.0 Å². The van der Waals surface area contributed by atoms with Crippen LogP contribution in [-0.4, -0.2) is 45.2 Å². The molecule has 0 radical (unpaired) electrons. The highest BCUT2D eigenvalue weighted by Crippen LogP contribution is 2.48. The highest BCUT2D eigenvalue weighted by Gasteiger charge is 2.37. The molecule has 3 aromatic carbocycles. The smallest absolute Gasteiger partial charge is 0.459 e. The van der Waals surface area contributed by atoms with Crippen LogP contribution < -0.4 is 24.8 Å². The summed E-state index contributed by atoms with van der Waals surface area (Å²) in [6.45, 7) is 1.69. The predicted molar refractivity (Wildman–Crippen MR) is 169 cm³/mol. The zero-order valence-corrected chi connectivity index (χ0v) is 26.4. The molecule has 1 unspecified atom stereocenters. The Bertz CT molecular complexity index is 1860. The number of anilines is 1. The van der Waals surface area contributed by atoms with Crippen molar-refractivity contribution in [2.24, 2.45) is 5.92 Å². The number of ether oxygens (including phenoxy) is 2. The predicted octanol–water partition coefficient (Wildman–Crippen LogP) is 6.07. The van der Waals surface area contributed by atoms with Gasteiger partial charge in [0.25, 0.3) is 0 Å². The second kappa shape index (κ2) is 12.5. The third-order valence-corrected chi connectivity index (χ3v) is 9.54. The second-order valence-electron chi connectivity index (χ2n) is 10.5. The number of fused-ring (bicyclic) bond motifs is 2. The van der Waals surface area contributed by atoms with Gasteiger partial charge in [0, 0.05) is 10.5 Å². The monoisotopic (exact) mass is 680 g/mol. The molecular weight excluding hydrogens is 651 g/mol. The fourth-order valence-electron chi connectivity index (χ4n) is 5.03. The van der Waals surface area contributed by atoms with E-state index in [9.17, 15) is 9.36 Å². The number of hydrogen-bond acceptors (Lipinski definition) is 10. The molecular formula is C30H30BrN6O6P. The molecule has 0 amide bonds. The summed E-state index contributed by atoms with van der Waals surface area (Å²) in [5.41, 5.74) is 6.97. The number of carbonyl (C=O) groups is 1. The summed E-state index contributed by atoms with van der Waals surface area (Å²) < 4.78 is 39.4. The van der Waals surface area contributed by atoms with Gasteiger partial charge in [-0.15, -0.1) is 0 Å². The van der Waals surface area contributed by atoms with Crippen LogP contribution in [0.1, 0.15) is 25.8 Å². The van der Waals surface area contributed by atoms with E-state index in [0.29, 0.717) is 28.5 Å². The average Bonchev–Trinajstić information content (AvgIpc) is 3.40. The van der Waals surface area contributed by atoms with E-state index in [0.717, 1.165) is 28.1 Å². The first-order valence-electron chi connectivity index (χ1n) is 13.9. The van der Waals surface area contributed by atoms with Gasteiger partial charge in [0.1, 0.15) is 17.5 Å². The molecule has 1 aliphatic rings. The van der Waals surface area contributed by atoms with Gasteiger partial charge in [0.15, 0.2) is 11.2 Å². The summed E-state index contributed by atoms with van der Waals surface area (Å²) in [6, 6.07) is 19.0. The molecule has 5 aromatic rings. The molecule has 228 valence electrons. The summed E-state index contributed by atoms with van der Waals surface area (Å²) in [6.07, 6.45) is 3.13. The van der Waals surface area contributed by atoms with Crippen molar-refractivity contribution in [3.05, 3.63) is 77.5 Å². The highest BCUT2D eigenvalue weighted by atomic mass is 79.9. The average molecular weight is 681 g/mol. The van der Waals surface area contributed by atoms with E-state index < -0.39 is 19.8 Å². The number of rotatable bonds is 11. The van der Waals surface area contributed by atoms with Crippen LogP contribution in [0, 0.1) is 5.92 Å². The van der Waals surface area contributed by atoms with Gasteiger partial charge in [-0.25, -0.2) is 14.3 Å². The van der Waals surface area contributed by atoms with E-state index in [1.807, 2.05) is 34.9 Å². The van der Waals surface area contributed by atoms with Crippen molar-refractivity contribution in [2.45, 2.75) is 31.8 Å². The Labute approximate surface area is 261 Å². The third kappa shape index (κ3) is 6.56. The summed E-state index contributed by atoms with van der Waals surface area (Å²) >= 11 is 3.39. The van der Waals surface area contributed by atoms with Gasteiger partial charge in [-0.05, 0) is 72.9 Å². The fourth-order valence-corrected chi connectivity index (χ4v) is 6.86. The van der Waals surface area contributed by atoms with Crippen LogP contribution in [-0.2, 0) is 13.9 Å². The SMILES string of the molecule is COc1nc(N)nc2c1ncn2C1CC(COP(=O)(N[C@@H](C)C(=O)Oc2ccc3ccccc3c2)Oc2ccc(Br)cc2)C1. The molecule has 2 aromatic heterocycles. The van der Waals surface area contributed by atoms with E-state index in [2.05, 4.69) is 36.0 Å². The molecule has 1 aliphatic carbocycles. The Morgan fingerprint density at radius 1 is 1.09 bits per heavy atom. The number of aromatic nitrogens is 4. The van der Waals surface area contributed by atoms with Crippen LogP contribution >= 0.6 is 23.7 Å².